The number of hydrogen-bond acceptors (Lipinski definition) is 4. The SMILES string of the molecule is CC(=O)NCCCOc1ccc(C(C)N2CCCC(NC(=O)c3ccc(F)c(Cl)c3)CC2)cc1. The van der Waals surface area contributed by atoms with Gasteiger partial charge in [-0.05, 0) is 75.0 Å². The normalized spacial score (nSPS) is 17.5. The zero-order valence-electron chi connectivity index (χ0n) is 19.8. The van der Waals surface area contributed by atoms with Crippen LogP contribution < -0.4 is 15.4 Å². The largest absolute Gasteiger partial charge is 0.494 e. The van der Waals surface area contributed by atoms with Gasteiger partial charge >= 0.3 is 0 Å². The Morgan fingerprint density at radius 2 is 1.94 bits per heavy atom. The summed E-state index contributed by atoms with van der Waals surface area (Å²) in [4.78, 5) is 25.9. The summed E-state index contributed by atoms with van der Waals surface area (Å²) < 4.78 is 19.1. The van der Waals surface area contributed by atoms with E-state index < -0.39 is 5.82 Å². The number of likely N-dealkylation sites (tertiary alicyclic amines) is 1. The van der Waals surface area contributed by atoms with Gasteiger partial charge in [0, 0.05) is 37.7 Å². The average molecular weight is 490 g/mol. The molecule has 1 aliphatic heterocycles. The Morgan fingerprint density at radius 3 is 2.65 bits per heavy atom. The maximum absolute atomic E-state index is 13.4. The highest BCUT2D eigenvalue weighted by Gasteiger charge is 2.23. The van der Waals surface area contributed by atoms with Crippen molar-refractivity contribution in [3.63, 3.8) is 0 Å². The van der Waals surface area contributed by atoms with Gasteiger partial charge in [-0.1, -0.05) is 23.7 Å². The summed E-state index contributed by atoms with van der Waals surface area (Å²) in [6.45, 7) is 6.69. The highest BCUT2D eigenvalue weighted by molar-refractivity contribution is 6.31. The lowest BCUT2D eigenvalue weighted by molar-refractivity contribution is -0.118. The molecule has 6 nitrogen and oxygen atoms in total. The van der Waals surface area contributed by atoms with Crippen LogP contribution in [0.1, 0.15) is 61.5 Å². The Kier molecular flexibility index (Phi) is 9.72. The van der Waals surface area contributed by atoms with Gasteiger partial charge in [0.05, 0.1) is 11.6 Å². The van der Waals surface area contributed by atoms with E-state index in [4.69, 9.17) is 16.3 Å². The van der Waals surface area contributed by atoms with Crippen molar-refractivity contribution in [1.29, 1.82) is 0 Å². The topological polar surface area (TPSA) is 70.7 Å². The van der Waals surface area contributed by atoms with Gasteiger partial charge in [-0.3, -0.25) is 14.5 Å². The number of halogens is 2. The molecule has 0 aromatic heterocycles. The van der Waals surface area contributed by atoms with Crippen molar-refractivity contribution in [1.82, 2.24) is 15.5 Å². The van der Waals surface area contributed by atoms with Crippen LogP contribution >= 0.6 is 11.6 Å². The fourth-order valence-electron chi connectivity index (χ4n) is 4.14. The van der Waals surface area contributed by atoms with Crippen molar-refractivity contribution >= 4 is 23.4 Å². The molecule has 0 radical (unpaired) electrons. The molecule has 0 aliphatic carbocycles. The molecule has 1 fully saturated rings. The van der Waals surface area contributed by atoms with Crippen molar-refractivity contribution in [2.24, 2.45) is 0 Å². The van der Waals surface area contributed by atoms with E-state index in [-0.39, 0.29) is 28.9 Å². The predicted octanol–water partition coefficient (Wildman–Crippen LogP) is 4.73. The van der Waals surface area contributed by atoms with Crippen LogP contribution in [-0.2, 0) is 4.79 Å². The molecule has 184 valence electrons. The Morgan fingerprint density at radius 1 is 1.18 bits per heavy atom. The lowest BCUT2D eigenvalue weighted by Gasteiger charge is -2.28. The number of amides is 2. The second-order valence-corrected chi connectivity index (χ2v) is 9.10. The summed E-state index contributed by atoms with van der Waals surface area (Å²) in [5.74, 6) is 0.0385. The number of carbonyl (C=O) groups excluding carboxylic acids is 2. The summed E-state index contributed by atoms with van der Waals surface area (Å²) in [5.41, 5.74) is 1.59. The Bertz CT molecular complexity index is 970. The van der Waals surface area contributed by atoms with E-state index in [2.05, 4.69) is 34.6 Å². The molecular formula is C26H33ClFN3O3. The van der Waals surface area contributed by atoms with Crippen molar-refractivity contribution in [3.8, 4) is 5.75 Å². The van der Waals surface area contributed by atoms with Crippen LogP contribution in [0, 0.1) is 5.82 Å². The second-order valence-electron chi connectivity index (χ2n) is 8.70. The average Bonchev–Trinajstić information content (AvgIpc) is 3.06. The van der Waals surface area contributed by atoms with Crippen molar-refractivity contribution < 1.29 is 18.7 Å². The summed E-state index contributed by atoms with van der Waals surface area (Å²) in [7, 11) is 0. The first-order valence-corrected chi connectivity index (χ1v) is 12.2. The minimum atomic E-state index is -0.529. The molecule has 1 heterocycles. The summed E-state index contributed by atoms with van der Waals surface area (Å²) in [5, 5.41) is 5.79. The van der Waals surface area contributed by atoms with E-state index >= 15 is 0 Å². The molecule has 2 aromatic carbocycles. The van der Waals surface area contributed by atoms with Gasteiger partial charge in [0.2, 0.25) is 5.91 Å². The molecule has 2 aromatic rings. The predicted molar refractivity (Wildman–Crippen MR) is 132 cm³/mol. The van der Waals surface area contributed by atoms with E-state index in [0.717, 1.165) is 44.5 Å². The Balaban J connectivity index is 1.47. The molecule has 3 rings (SSSR count). The number of nitrogens with zero attached hydrogens (tertiary/aromatic N) is 1. The first-order chi connectivity index (χ1) is 16.3. The zero-order valence-corrected chi connectivity index (χ0v) is 20.5. The lowest BCUT2D eigenvalue weighted by atomic mass is 10.1. The van der Waals surface area contributed by atoms with Gasteiger partial charge in [-0.15, -0.1) is 0 Å². The molecule has 0 saturated carbocycles. The van der Waals surface area contributed by atoms with Gasteiger partial charge in [0.1, 0.15) is 11.6 Å². The highest BCUT2D eigenvalue weighted by atomic mass is 35.5. The van der Waals surface area contributed by atoms with Crippen LogP contribution in [0.4, 0.5) is 4.39 Å². The Labute approximate surface area is 205 Å². The van der Waals surface area contributed by atoms with Gasteiger partial charge in [-0.25, -0.2) is 4.39 Å². The summed E-state index contributed by atoms with van der Waals surface area (Å²) in [6.07, 6.45) is 3.49. The number of nitrogens with one attached hydrogen (secondary N) is 2. The maximum atomic E-state index is 13.4. The van der Waals surface area contributed by atoms with Crippen molar-refractivity contribution in [2.75, 3.05) is 26.2 Å². The van der Waals surface area contributed by atoms with Crippen molar-refractivity contribution in [3.05, 3.63) is 64.4 Å². The second kappa shape index (κ2) is 12.7. The third-order valence-electron chi connectivity index (χ3n) is 6.15. The number of hydrogen-bond donors (Lipinski definition) is 2. The smallest absolute Gasteiger partial charge is 0.251 e. The van der Waals surface area contributed by atoms with Gasteiger partial charge in [0.25, 0.3) is 5.91 Å². The van der Waals surface area contributed by atoms with Crippen LogP contribution in [0.15, 0.2) is 42.5 Å². The molecule has 2 amide bonds. The van der Waals surface area contributed by atoms with E-state index in [1.165, 1.54) is 30.7 Å². The molecule has 2 atom stereocenters. The lowest BCUT2D eigenvalue weighted by Crippen LogP contribution is -2.36. The number of carbonyl (C=O) groups is 2. The number of ether oxygens (including phenoxy) is 1. The standard InChI is InChI=1S/C26H33ClFN3O3/c1-18(20-6-9-23(10-7-20)34-16-4-13-29-19(2)32)31-14-3-5-22(12-15-31)30-26(33)21-8-11-25(28)24(27)17-21/h6-11,17-18,22H,3-5,12-16H2,1-2H3,(H,29,32)(H,30,33). The molecule has 1 aliphatic rings. The molecule has 34 heavy (non-hydrogen) atoms. The van der Waals surface area contributed by atoms with Gasteiger partial charge < -0.3 is 15.4 Å². The van der Waals surface area contributed by atoms with Crippen LogP contribution in [0.25, 0.3) is 0 Å². The molecule has 2 unspecified atom stereocenters. The molecule has 2 N–H and O–H groups in total. The quantitative estimate of drug-likeness (QED) is 0.499. The minimum Gasteiger partial charge on any atom is -0.494 e. The maximum Gasteiger partial charge on any atom is 0.251 e. The molecular weight excluding hydrogens is 457 g/mol. The summed E-state index contributed by atoms with van der Waals surface area (Å²) >= 11 is 5.81. The first kappa shape index (κ1) is 26.0. The molecule has 0 spiro atoms. The number of rotatable bonds is 9. The number of benzene rings is 2. The van der Waals surface area contributed by atoms with E-state index in [1.54, 1.807) is 0 Å². The molecule has 1 saturated heterocycles. The molecule has 8 heteroatoms. The zero-order chi connectivity index (χ0) is 24.5. The van der Waals surface area contributed by atoms with E-state index in [1.807, 2.05) is 12.1 Å². The first-order valence-electron chi connectivity index (χ1n) is 11.8. The fourth-order valence-corrected chi connectivity index (χ4v) is 4.32. The van der Waals surface area contributed by atoms with Crippen LogP contribution in [0.3, 0.4) is 0 Å². The van der Waals surface area contributed by atoms with Gasteiger partial charge in [0.15, 0.2) is 0 Å². The minimum absolute atomic E-state index is 0.0293. The third kappa shape index (κ3) is 7.71. The third-order valence-corrected chi connectivity index (χ3v) is 6.44. The van der Waals surface area contributed by atoms with Gasteiger partial charge in [-0.2, -0.15) is 0 Å². The van der Waals surface area contributed by atoms with Crippen molar-refractivity contribution in [2.45, 2.75) is 51.6 Å². The molecule has 0 bridgehead atoms. The highest BCUT2D eigenvalue weighted by Crippen LogP contribution is 2.26. The fraction of sp³-hybridized carbons (Fsp3) is 0.462. The Hall–Kier alpha value is -2.64. The van der Waals surface area contributed by atoms with Crippen LogP contribution in [-0.4, -0.2) is 49.0 Å². The van der Waals surface area contributed by atoms with Crippen LogP contribution in [0.5, 0.6) is 5.75 Å². The van der Waals surface area contributed by atoms with E-state index in [0.29, 0.717) is 18.7 Å². The summed E-state index contributed by atoms with van der Waals surface area (Å²) in [6, 6.07) is 12.5. The van der Waals surface area contributed by atoms with E-state index in [9.17, 15) is 14.0 Å². The monoisotopic (exact) mass is 489 g/mol. The van der Waals surface area contributed by atoms with Crippen LogP contribution in [0.2, 0.25) is 5.02 Å².